The Balaban J connectivity index is 1.60. The van der Waals surface area contributed by atoms with Crippen molar-refractivity contribution >= 4 is 11.5 Å². The Kier molecular flexibility index (Phi) is 4.94. The number of alkyl halides is 1. The average Bonchev–Trinajstić information content (AvgIpc) is 3.07. The van der Waals surface area contributed by atoms with Gasteiger partial charge in [0.25, 0.3) is 0 Å². The molecule has 0 unspecified atom stereocenters. The highest BCUT2D eigenvalue weighted by Gasteiger charge is 2.24. The van der Waals surface area contributed by atoms with E-state index in [1.807, 2.05) is 54.8 Å². The lowest BCUT2D eigenvalue weighted by atomic mass is 10.1. The van der Waals surface area contributed by atoms with E-state index in [4.69, 9.17) is 4.74 Å². The zero-order valence-corrected chi connectivity index (χ0v) is 15.5. The summed E-state index contributed by atoms with van der Waals surface area (Å²) in [6, 6.07) is 9.28. The van der Waals surface area contributed by atoms with Crippen LogP contribution in [0, 0.1) is 0 Å². The quantitative estimate of drug-likeness (QED) is 0.723. The lowest BCUT2D eigenvalue weighted by molar-refractivity contribution is 0.241. The summed E-state index contributed by atoms with van der Waals surface area (Å²) < 4.78 is 21.8. The number of nitrogens with one attached hydrogen (secondary N) is 2. The van der Waals surface area contributed by atoms with Crippen molar-refractivity contribution in [1.82, 2.24) is 19.7 Å². The normalized spacial score (nSPS) is 20.1. The molecule has 0 spiro atoms. The van der Waals surface area contributed by atoms with Crippen LogP contribution in [0.4, 0.5) is 10.2 Å². The molecule has 2 atom stereocenters. The number of halogens is 1. The van der Waals surface area contributed by atoms with Crippen molar-refractivity contribution in [2.24, 2.45) is 0 Å². The molecule has 3 aromatic heterocycles. The van der Waals surface area contributed by atoms with E-state index >= 15 is 0 Å². The van der Waals surface area contributed by atoms with Gasteiger partial charge in [0.1, 0.15) is 23.4 Å². The van der Waals surface area contributed by atoms with Crippen LogP contribution >= 0.6 is 0 Å². The third kappa shape index (κ3) is 3.88. The highest BCUT2D eigenvalue weighted by Crippen LogP contribution is 2.24. The number of ether oxygens (including phenoxy) is 1. The van der Waals surface area contributed by atoms with Gasteiger partial charge in [0.15, 0.2) is 0 Å². The molecule has 3 aromatic rings. The zero-order chi connectivity index (χ0) is 18.8. The Morgan fingerprint density at radius 2 is 2.22 bits per heavy atom. The Morgan fingerprint density at radius 3 is 3.04 bits per heavy atom. The molecule has 27 heavy (non-hydrogen) atoms. The number of pyridine rings is 2. The number of hydrogen-bond acceptors (Lipinski definition) is 5. The summed E-state index contributed by atoms with van der Waals surface area (Å²) in [7, 11) is 0. The third-order valence-electron chi connectivity index (χ3n) is 4.60. The second kappa shape index (κ2) is 7.52. The predicted octanol–water partition coefficient (Wildman–Crippen LogP) is 3.30. The summed E-state index contributed by atoms with van der Waals surface area (Å²) in [5, 5.41) is 6.43. The number of rotatable bonds is 5. The fraction of sp³-hybridized carbons (Fsp3) is 0.400. The van der Waals surface area contributed by atoms with E-state index < -0.39 is 6.17 Å². The van der Waals surface area contributed by atoms with E-state index in [0.717, 1.165) is 29.3 Å². The van der Waals surface area contributed by atoms with Gasteiger partial charge in [-0.25, -0.2) is 14.4 Å². The molecular formula is C20H24FN5O. The number of fused-ring (bicyclic) bond motifs is 1. The molecule has 142 valence electrons. The standard InChI is InChI=1S/C20H24FN5O/c1-13(2)27-14-7-9-26-18(12-23-20(26)10-14)16-4-3-5-19(24-16)25-17-11-22-8-6-15(17)21/h3-5,7,9-10,12-13,15,17,22H,6,8,11H2,1-2H3,(H,24,25)/t15-,17-/m0/s1. The van der Waals surface area contributed by atoms with Crippen LogP contribution in [0.3, 0.4) is 0 Å². The number of imidazole rings is 1. The minimum atomic E-state index is -0.869. The highest BCUT2D eigenvalue weighted by molar-refractivity contribution is 5.62. The molecule has 0 aliphatic carbocycles. The lowest BCUT2D eigenvalue weighted by Gasteiger charge is -2.28. The number of hydrogen-bond donors (Lipinski definition) is 2. The van der Waals surface area contributed by atoms with Gasteiger partial charge in [-0.1, -0.05) is 6.07 Å². The number of anilines is 1. The number of piperidine rings is 1. The van der Waals surface area contributed by atoms with Gasteiger partial charge in [0.2, 0.25) is 0 Å². The maximum absolute atomic E-state index is 14.1. The summed E-state index contributed by atoms with van der Waals surface area (Å²) in [5.74, 6) is 1.45. The summed E-state index contributed by atoms with van der Waals surface area (Å²) in [4.78, 5) is 9.14. The van der Waals surface area contributed by atoms with Crippen molar-refractivity contribution in [3.8, 4) is 17.1 Å². The minimum Gasteiger partial charge on any atom is -0.491 e. The Bertz CT molecular complexity index is 926. The van der Waals surface area contributed by atoms with Gasteiger partial charge >= 0.3 is 0 Å². The minimum absolute atomic E-state index is 0.111. The molecule has 0 amide bonds. The van der Waals surface area contributed by atoms with Crippen LogP contribution in [-0.4, -0.2) is 45.8 Å². The van der Waals surface area contributed by atoms with E-state index in [9.17, 15) is 4.39 Å². The van der Waals surface area contributed by atoms with Crippen molar-refractivity contribution in [2.45, 2.75) is 38.6 Å². The highest BCUT2D eigenvalue weighted by atomic mass is 19.1. The van der Waals surface area contributed by atoms with Gasteiger partial charge < -0.3 is 15.4 Å². The van der Waals surface area contributed by atoms with Crippen molar-refractivity contribution in [3.63, 3.8) is 0 Å². The first-order valence-corrected chi connectivity index (χ1v) is 9.32. The van der Waals surface area contributed by atoms with Gasteiger partial charge in [0, 0.05) is 18.8 Å². The van der Waals surface area contributed by atoms with Crippen LogP contribution in [0.25, 0.3) is 17.0 Å². The summed E-state index contributed by atoms with van der Waals surface area (Å²) in [6.45, 7) is 5.30. The molecule has 0 bridgehead atoms. The van der Waals surface area contributed by atoms with Crippen LogP contribution in [0.15, 0.2) is 42.7 Å². The van der Waals surface area contributed by atoms with E-state index in [-0.39, 0.29) is 12.1 Å². The summed E-state index contributed by atoms with van der Waals surface area (Å²) >= 11 is 0. The van der Waals surface area contributed by atoms with Crippen LogP contribution in [0.2, 0.25) is 0 Å². The SMILES string of the molecule is CC(C)Oc1ccn2c(-c3cccc(N[C@H]4CNCC[C@@H]4F)n3)cnc2c1. The first-order chi connectivity index (χ1) is 13.1. The average molecular weight is 369 g/mol. The topological polar surface area (TPSA) is 63.5 Å². The van der Waals surface area contributed by atoms with Crippen LogP contribution in [0.1, 0.15) is 20.3 Å². The largest absolute Gasteiger partial charge is 0.491 e. The van der Waals surface area contributed by atoms with Crippen molar-refractivity contribution in [1.29, 1.82) is 0 Å². The Hall–Kier alpha value is -2.67. The molecule has 2 N–H and O–H groups in total. The van der Waals surface area contributed by atoms with Crippen LogP contribution < -0.4 is 15.4 Å². The Labute approximate surface area is 157 Å². The van der Waals surface area contributed by atoms with Gasteiger partial charge in [-0.05, 0) is 45.0 Å². The van der Waals surface area contributed by atoms with E-state index in [1.165, 1.54) is 0 Å². The van der Waals surface area contributed by atoms with Crippen LogP contribution in [-0.2, 0) is 0 Å². The van der Waals surface area contributed by atoms with Crippen molar-refractivity contribution in [2.75, 3.05) is 18.4 Å². The third-order valence-corrected chi connectivity index (χ3v) is 4.60. The van der Waals surface area contributed by atoms with Crippen molar-refractivity contribution < 1.29 is 9.13 Å². The van der Waals surface area contributed by atoms with Gasteiger partial charge in [-0.2, -0.15) is 0 Å². The molecule has 6 nitrogen and oxygen atoms in total. The van der Waals surface area contributed by atoms with E-state index in [1.54, 1.807) is 6.20 Å². The molecule has 1 aliphatic rings. The van der Waals surface area contributed by atoms with Crippen LogP contribution in [0.5, 0.6) is 5.75 Å². The predicted molar refractivity (Wildman–Crippen MR) is 104 cm³/mol. The van der Waals surface area contributed by atoms with E-state index in [0.29, 0.717) is 18.8 Å². The fourth-order valence-electron chi connectivity index (χ4n) is 3.31. The molecule has 0 radical (unpaired) electrons. The maximum Gasteiger partial charge on any atom is 0.140 e. The molecular weight excluding hydrogens is 345 g/mol. The summed E-state index contributed by atoms with van der Waals surface area (Å²) in [6.07, 6.45) is 3.48. The maximum atomic E-state index is 14.1. The number of aromatic nitrogens is 3. The first-order valence-electron chi connectivity index (χ1n) is 9.32. The molecule has 1 fully saturated rings. The molecule has 4 heterocycles. The summed E-state index contributed by atoms with van der Waals surface area (Å²) in [5.41, 5.74) is 2.45. The lowest BCUT2D eigenvalue weighted by Crippen LogP contribution is -2.46. The molecule has 0 aromatic carbocycles. The van der Waals surface area contributed by atoms with Crippen molar-refractivity contribution in [3.05, 3.63) is 42.7 Å². The second-order valence-corrected chi connectivity index (χ2v) is 7.07. The molecule has 7 heteroatoms. The Morgan fingerprint density at radius 1 is 1.33 bits per heavy atom. The van der Waals surface area contributed by atoms with E-state index in [2.05, 4.69) is 20.6 Å². The second-order valence-electron chi connectivity index (χ2n) is 7.07. The first kappa shape index (κ1) is 17.7. The van der Waals surface area contributed by atoms with Gasteiger partial charge in [0.05, 0.1) is 29.7 Å². The van der Waals surface area contributed by atoms with Gasteiger partial charge in [-0.15, -0.1) is 0 Å². The fourth-order valence-corrected chi connectivity index (χ4v) is 3.31. The number of nitrogens with zero attached hydrogens (tertiary/aromatic N) is 3. The molecule has 0 saturated carbocycles. The molecule has 1 aliphatic heterocycles. The smallest absolute Gasteiger partial charge is 0.140 e. The monoisotopic (exact) mass is 369 g/mol. The zero-order valence-electron chi connectivity index (χ0n) is 15.5. The molecule has 4 rings (SSSR count). The van der Waals surface area contributed by atoms with Gasteiger partial charge in [-0.3, -0.25) is 4.40 Å². The molecule has 1 saturated heterocycles.